The maximum absolute atomic E-state index is 13.0. The molecule has 0 saturated carbocycles. The van der Waals surface area contributed by atoms with Gasteiger partial charge in [0.25, 0.3) is 5.56 Å². The number of nitrogens with one attached hydrogen (secondary N) is 2. The van der Waals surface area contributed by atoms with Crippen LogP contribution in [0.4, 0.5) is 0 Å². The number of fused-ring (bicyclic) bond motifs is 2. The van der Waals surface area contributed by atoms with E-state index in [1.165, 1.54) is 0 Å². The lowest BCUT2D eigenvalue weighted by Gasteiger charge is -2.29. The average Bonchev–Trinajstić information content (AvgIpc) is 3.39. The van der Waals surface area contributed by atoms with Crippen molar-refractivity contribution in [1.82, 2.24) is 20.1 Å². The number of hydrogen-bond acceptors (Lipinski definition) is 7. The molecule has 0 atom stereocenters. The van der Waals surface area contributed by atoms with Gasteiger partial charge in [-0.3, -0.25) is 4.79 Å². The molecule has 0 unspecified atom stereocenters. The number of likely N-dealkylation sites (N-methyl/N-ethyl adjacent to an activating group) is 1. The first-order valence-electron chi connectivity index (χ1n) is 12.9. The molecule has 9 nitrogen and oxygen atoms in total. The van der Waals surface area contributed by atoms with E-state index in [0.717, 1.165) is 37.0 Å². The van der Waals surface area contributed by atoms with Crippen LogP contribution < -0.4 is 29.8 Å². The van der Waals surface area contributed by atoms with Crippen molar-refractivity contribution >= 4 is 28.2 Å². The van der Waals surface area contributed by atoms with Crippen LogP contribution >= 0.6 is 12.2 Å². The first kappa shape index (κ1) is 27.5. The molecule has 2 aromatic carbocycles. The predicted octanol–water partition coefficient (Wildman–Crippen LogP) is 3.54. The average molecular weight is 541 g/mol. The third kappa shape index (κ3) is 6.49. The molecule has 0 radical (unpaired) electrons. The maximum atomic E-state index is 13.0. The summed E-state index contributed by atoms with van der Waals surface area (Å²) in [5.41, 5.74) is 2.32. The monoisotopic (exact) mass is 540 g/mol. The van der Waals surface area contributed by atoms with Crippen LogP contribution in [0.1, 0.15) is 25.0 Å². The summed E-state index contributed by atoms with van der Waals surface area (Å²) >= 11 is 5.81. The lowest BCUT2D eigenvalue weighted by molar-refractivity contribution is 0.174. The van der Waals surface area contributed by atoms with Crippen LogP contribution in [0.5, 0.6) is 23.0 Å². The minimum Gasteiger partial charge on any atom is -0.493 e. The molecule has 10 heteroatoms. The molecule has 0 bridgehead atoms. The molecule has 1 aliphatic rings. The van der Waals surface area contributed by atoms with Crippen molar-refractivity contribution < 1.29 is 18.9 Å². The van der Waals surface area contributed by atoms with Gasteiger partial charge in [0.15, 0.2) is 28.1 Å². The van der Waals surface area contributed by atoms with Crippen LogP contribution in [0.15, 0.2) is 41.2 Å². The molecule has 2 N–H and O–H groups in total. The molecule has 0 aliphatic carbocycles. The molecule has 1 aromatic heterocycles. The molecule has 0 saturated heterocycles. The Morgan fingerprint density at radius 2 is 1.76 bits per heavy atom. The molecular formula is C28H36N4O5S. The lowest BCUT2D eigenvalue weighted by atomic mass is 10.1. The zero-order chi connectivity index (χ0) is 27.1. The summed E-state index contributed by atoms with van der Waals surface area (Å²) in [6.45, 7) is 8.96. The van der Waals surface area contributed by atoms with E-state index in [4.69, 9.17) is 31.2 Å². The number of rotatable bonds is 12. The summed E-state index contributed by atoms with van der Waals surface area (Å²) in [5.74, 6) is 2.72. The first-order chi connectivity index (χ1) is 18.4. The fourth-order valence-corrected chi connectivity index (χ4v) is 4.74. The SMILES string of the molecule is CCN(CC)CCN(Cc1cc2cc3c(cc2[nH]c1=O)OCO3)C(=S)NCCc1ccc(OC)c(OC)c1. The third-order valence-electron chi connectivity index (χ3n) is 6.78. The van der Waals surface area contributed by atoms with E-state index >= 15 is 0 Å². The Kier molecular flexibility index (Phi) is 9.30. The van der Waals surface area contributed by atoms with E-state index in [-0.39, 0.29) is 12.4 Å². The van der Waals surface area contributed by atoms with Gasteiger partial charge in [0.05, 0.1) is 26.3 Å². The van der Waals surface area contributed by atoms with Gasteiger partial charge in [-0.05, 0) is 61.6 Å². The van der Waals surface area contributed by atoms with Gasteiger partial charge < -0.3 is 39.0 Å². The summed E-state index contributed by atoms with van der Waals surface area (Å²) in [7, 11) is 3.26. The van der Waals surface area contributed by atoms with E-state index in [1.807, 2.05) is 30.3 Å². The van der Waals surface area contributed by atoms with Gasteiger partial charge in [0, 0.05) is 36.7 Å². The second kappa shape index (κ2) is 12.8. The van der Waals surface area contributed by atoms with Crippen molar-refractivity contribution in [2.75, 3.05) is 53.7 Å². The van der Waals surface area contributed by atoms with Crippen molar-refractivity contribution in [3.05, 3.63) is 57.9 Å². The number of H-pyrrole nitrogens is 1. The summed E-state index contributed by atoms with van der Waals surface area (Å²) in [4.78, 5) is 20.4. The fraction of sp³-hybridized carbons (Fsp3) is 0.429. The Bertz CT molecular complexity index is 1320. The Morgan fingerprint density at radius 3 is 2.47 bits per heavy atom. The number of aromatic nitrogens is 1. The Hall–Kier alpha value is -3.50. The minimum atomic E-state index is -0.141. The molecule has 0 amide bonds. The predicted molar refractivity (Wildman–Crippen MR) is 153 cm³/mol. The second-order valence-corrected chi connectivity index (χ2v) is 9.42. The molecule has 38 heavy (non-hydrogen) atoms. The van der Waals surface area contributed by atoms with Gasteiger partial charge >= 0.3 is 0 Å². The van der Waals surface area contributed by atoms with Gasteiger partial charge in [0.1, 0.15) is 0 Å². The molecule has 204 valence electrons. The number of aromatic amines is 1. The highest BCUT2D eigenvalue weighted by Crippen LogP contribution is 2.35. The molecule has 2 heterocycles. The third-order valence-corrected chi connectivity index (χ3v) is 7.18. The number of thiocarbonyl (C=S) groups is 1. The lowest BCUT2D eigenvalue weighted by Crippen LogP contribution is -2.44. The van der Waals surface area contributed by atoms with Gasteiger partial charge in [-0.25, -0.2) is 0 Å². The summed E-state index contributed by atoms with van der Waals surface area (Å²) < 4.78 is 21.7. The van der Waals surface area contributed by atoms with Crippen LogP contribution in [-0.2, 0) is 13.0 Å². The van der Waals surface area contributed by atoms with Gasteiger partial charge in [-0.2, -0.15) is 0 Å². The van der Waals surface area contributed by atoms with E-state index in [9.17, 15) is 4.79 Å². The molecule has 3 aromatic rings. The van der Waals surface area contributed by atoms with Crippen LogP contribution in [0.25, 0.3) is 10.9 Å². The zero-order valence-electron chi connectivity index (χ0n) is 22.5. The van der Waals surface area contributed by atoms with Crippen LogP contribution in [0.2, 0.25) is 0 Å². The van der Waals surface area contributed by atoms with Crippen molar-refractivity contribution in [2.24, 2.45) is 0 Å². The zero-order valence-corrected chi connectivity index (χ0v) is 23.3. The van der Waals surface area contributed by atoms with Crippen molar-refractivity contribution in [3.8, 4) is 23.0 Å². The fourth-order valence-electron chi connectivity index (χ4n) is 4.48. The number of methoxy groups -OCH3 is 2. The second-order valence-electron chi connectivity index (χ2n) is 9.04. The molecule has 0 fully saturated rings. The highest BCUT2D eigenvalue weighted by molar-refractivity contribution is 7.80. The van der Waals surface area contributed by atoms with E-state index in [0.29, 0.717) is 58.8 Å². The van der Waals surface area contributed by atoms with Crippen LogP contribution in [-0.4, -0.2) is 73.6 Å². The van der Waals surface area contributed by atoms with Crippen molar-refractivity contribution in [3.63, 3.8) is 0 Å². The van der Waals surface area contributed by atoms with Crippen LogP contribution in [0.3, 0.4) is 0 Å². The molecule has 1 aliphatic heterocycles. The molecular weight excluding hydrogens is 504 g/mol. The normalized spacial score (nSPS) is 12.1. The van der Waals surface area contributed by atoms with E-state index in [1.54, 1.807) is 20.3 Å². The van der Waals surface area contributed by atoms with E-state index < -0.39 is 0 Å². The Labute approximate surface area is 228 Å². The summed E-state index contributed by atoms with van der Waals surface area (Å²) in [6.07, 6.45) is 0.758. The van der Waals surface area contributed by atoms with Crippen molar-refractivity contribution in [1.29, 1.82) is 0 Å². The number of benzene rings is 2. The maximum Gasteiger partial charge on any atom is 0.253 e. The summed E-state index contributed by atoms with van der Waals surface area (Å²) in [6, 6.07) is 11.5. The molecule has 4 rings (SSSR count). The van der Waals surface area contributed by atoms with Gasteiger partial charge in [-0.1, -0.05) is 19.9 Å². The highest BCUT2D eigenvalue weighted by atomic mass is 32.1. The molecule has 0 spiro atoms. The number of hydrogen-bond donors (Lipinski definition) is 2. The quantitative estimate of drug-likeness (QED) is 0.335. The first-order valence-corrected chi connectivity index (χ1v) is 13.3. The summed E-state index contributed by atoms with van der Waals surface area (Å²) in [5, 5.41) is 4.89. The Balaban J connectivity index is 1.48. The topological polar surface area (TPSA) is 88.3 Å². The standard InChI is InChI=1S/C28H36N4O5S/c1-5-31(6-2)11-12-32(28(38)29-10-9-19-7-8-23(34-3)24(13-19)35-4)17-21-14-20-15-25-26(37-18-36-25)16-22(20)30-27(21)33/h7-8,13-16H,5-6,9-12,17-18H2,1-4H3,(H,29,38)(H,30,33). The Morgan fingerprint density at radius 1 is 1.03 bits per heavy atom. The smallest absolute Gasteiger partial charge is 0.253 e. The largest absolute Gasteiger partial charge is 0.493 e. The number of nitrogens with zero attached hydrogens (tertiary/aromatic N) is 2. The highest BCUT2D eigenvalue weighted by Gasteiger charge is 2.18. The number of pyridine rings is 1. The number of ether oxygens (including phenoxy) is 4. The van der Waals surface area contributed by atoms with Gasteiger partial charge in [0.2, 0.25) is 6.79 Å². The minimum absolute atomic E-state index is 0.141. The van der Waals surface area contributed by atoms with Gasteiger partial charge in [-0.15, -0.1) is 0 Å². The van der Waals surface area contributed by atoms with Crippen LogP contribution in [0, 0.1) is 0 Å². The van der Waals surface area contributed by atoms with Crippen molar-refractivity contribution in [2.45, 2.75) is 26.8 Å². The van der Waals surface area contributed by atoms with E-state index in [2.05, 4.69) is 33.9 Å².